The van der Waals surface area contributed by atoms with Gasteiger partial charge in [0, 0.05) is 39.3 Å². The van der Waals surface area contributed by atoms with Crippen LogP contribution in [0, 0.1) is 11.3 Å². The molecule has 0 aliphatic carbocycles. The molecule has 2 aliphatic heterocycles. The highest BCUT2D eigenvalue weighted by molar-refractivity contribution is 7.12. The van der Waals surface area contributed by atoms with Crippen molar-refractivity contribution in [2.75, 3.05) is 32.7 Å². The largest absolute Gasteiger partial charge is 0.338 e. The summed E-state index contributed by atoms with van der Waals surface area (Å²) in [7, 11) is 0. The number of hydrogen-bond acceptors (Lipinski definition) is 5. The van der Waals surface area contributed by atoms with Crippen LogP contribution in [-0.2, 0) is 11.3 Å². The van der Waals surface area contributed by atoms with Gasteiger partial charge in [-0.25, -0.2) is 0 Å². The topological polar surface area (TPSA) is 67.7 Å². The third kappa shape index (κ3) is 4.34. The van der Waals surface area contributed by atoms with Crippen molar-refractivity contribution >= 4 is 23.2 Å². The summed E-state index contributed by atoms with van der Waals surface area (Å²) in [4.78, 5) is 32.6. The lowest BCUT2D eigenvalue weighted by Crippen LogP contribution is -2.54. The lowest BCUT2D eigenvalue weighted by atomic mass is 10.1. The molecule has 2 aromatic rings. The molecular weight excluding hydrogens is 384 g/mol. The van der Waals surface area contributed by atoms with Crippen molar-refractivity contribution < 1.29 is 9.59 Å². The van der Waals surface area contributed by atoms with Crippen LogP contribution in [0.4, 0.5) is 0 Å². The summed E-state index contributed by atoms with van der Waals surface area (Å²) < 4.78 is 0. The molecule has 29 heavy (non-hydrogen) atoms. The summed E-state index contributed by atoms with van der Waals surface area (Å²) >= 11 is 1.43. The minimum Gasteiger partial charge on any atom is -0.338 e. The first kappa shape index (κ1) is 19.6. The Bertz CT molecular complexity index is 896. The second-order valence-corrected chi connectivity index (χ2v) is 8.49. The van der Waals surface area contributed by atoms with Crippen LogP contribution in [0.25, 0.3) is 0 Å². The average molecular weight is 409 g/mol. The second kappa shape index (κ2) is 8.76. The summed E-state index contributed by atoms with van der Waals surface area (Å²) in [6.07, 6.45) is 1.63. The first-order valence-electron chi connectivity index (χ1n) is 10.0. The smallest absolute Gasteiger partial charge is 0.264 e. The van der Waals surface area contributed by atoms with Gasteiger partial charge in [-0.15, -0.1) is 11.3 Å². The predicted octanol–water partition coefficient (Wildman–Crippen LogP) is 2.57. The van der Waals surface area contributed by atoms with Crippen molar-refractivity contribution in [1.29, 1.82) is 5.26 Å². The zero-order valence-electron chi connectivity index (χ0n) is 16.3. The Kier molecular flexibility index (Phi) is 5.93. The number of carbonyl (C=O) groups excluding carboxylic acids is 2. The van der Waals surface area contributed by atoms with Crippen LogP contribution >= 0.6 is 11.3 Å². The van der Waals surface area contributed by atoms with Gasteiger partial charge in [0.2, 0.25) is 5.91 Å². The van der Waals surface area contributed by atoms with Gasteiger partial charge in [-0.05, 0) is 42.0 Å². The van der Waals surface area contributed by atoms with Crippen molar-refractivity contribution in [3.8, 4) is 6.07 Å². The van der Waals surface area contributed by atoms with E-state index in [0.29, 0.717) is 30.1 Å². The van der Waals surface area contributed by atoms with Gasteiger partial charge in [-0.3, -0.25) is 14.5 Å². The van der Waals surface area contributed by atoms with Crippen molar-refractivity contribution in [3.63, 3.8) is 0 Å². The molecule has 1 aromatic heterocycles. The van der Waals surface area contributed by atoms with Gasteiger partial charge in [0.1, 0.15) is 6.04 Å². The molecule has 0 radical (unpaired) electrons. The molecule has 6 nitrogen and oxygen atoms in total. The van der Waals surface area contributed by atoms with E-state index in [9.17, 15) is 9.59 Å². The van der Waals surface area contributed by atoms with Gasteiger partial charge in [-0.1, -0.05) is 18.2 Å². The van der Waals surface area contributed by atoms with Crippen molar-refractivity contribution in [3.05, 3.63) is 57.8 Å². The summed E-state index contributed by atoms with van der Waals surface area (Å²) in [5, 5.41) is 10.8. The molecule has 0 spiro atoms. The van der Waals surface area contributed by atoms with Crippen molar-refractivity contribution in [2.24, 2.45) is 0 Å². The summed E-state index contributed by atoms with van der Waals surface area (Å²) in [6.45, 7) is 4.49. The third-order valence-corrected chi connectivity index (χ3v) is 6.56. The van der Waals surface area contributed by atoms with Crippen LogP contribution in [-0.4, -0.2) is 65.3 Å². The van der Waals surface area contributed by atoms with Gasteiger partial charge < -0.3 is 9.80 Å². The van der Waals surface area contributed by atoms with Gasteiger partial charge in [0.25, 0.3) is 5.91 Å². The molecule has 7 heteroatoms. The van der Waals surface area contributed by atoms with E-state index in [2.05, 4.69) is 11.0 Å². The number of benzene rings is 1. The number of thiophene rings is 1. The van der Waals surface area contributed by atoms with E-state index in [1.165, 1.54) is 16.9 Å². The Hall–Kier alpha value is -2.69. The highest BCUT2D eigenvalue weighted by Crippen LogP contribution is 2.24. The average Bonchev–Trinajstić information content (AvgIpc) is 3.46. The van der Waals surface area contributed by atoms with Crippen LogP contribution in [0.15, 0.2) is 41.8 Å². The molecule has 150 valence electrons. The molecule has 1 atom stereocenters. The number of hydrogen-bond donors (Lipinski definition) is 0. The molecule has 0 N–H and O–H groups in total. The zero-order valence-corrected chi connectivity index (χ0v) is 17.1. The molecule has 0 unspecified atom stereocenters. The highest BCUT2D eigenvalue weighted by Gasteiger charge is 2.37. The standard InChI is InChI=1S/C22H24N4O2S/c23-15-17-5-7-18(8-6-17)16-24-10-12-25(13-11-24)21(27)19-3-1-9-26(19)22(28)20-4-2-14-29-20/h2,4-8,14,19H,1,3,9-13,16H2/t19-/m0/s1. The molecule has 3 heterocycles. The normalized spacial score (nSPS) is 19.9. The number of carbonyl (C=O) groups is 2. The Labute approximate surface area is 174 Å². The highest BCUT2D eigenvalue weighted by atomic mass is 32.1. The molecule has 4 rings (SSSR count). The first-order valence-corrected chi connectivity index (χ1v) is 10.9. The van der Waals surface area contributed by atoms with Gasteiger partial charge in [0.15, 0.2) is 0 Å². The first-order chi connectivity index (χ1) is 14.2. The minimum absolute atomic E-state index is 0.0182. The van der Waals surface area contributed by atoms with E-state index in [1.807, 2.05) is 46.7 Å². The summed E-state index contributed by atoms with van der Waals surface area (Å²) in [5.74, 6) is 0.0701. The lowest BCUT2D eigenvalue weighted by Gasteiger charge is -2.37. The second-order valence-electron chi connectivity index (χ2n) is 7.54. The van der Waals surface area contributed by atoms with E-state index < -0.39 is 0 Å². The van der Waals surface area contributed by atoms with Crippen molar-refractivity contribution in [2.45, 2.75) is 25.4 Å². The Morgan fingerprint density at radius 2 is 1.83 bits per heavy atom. The van der Waals surface area contributed by atoms with E-state index >= 15 is 0 Å². The number of nitriles is 1. The van der Waals surface area contributed by atoms with E-state index in [-0.39, 0.29) is 17.9 Å². The molecule has 0 bridgehead atoms. The fraction of sp³-hybridized carbons (Fsp3) is 0.409. The number of nitrogens with zero attached hydrogens (tertiary/aromatic N) is 4. The molecule has 2 fully saturated rings. The maximum Gasteiger partial charge on any atom is 0.264 e. The number of piperazine rings is 1. The maximum absolute atomic E-state index is 13.1. The maximum atomic E-state index is 13.1. The molecule has 2 aliphatic rings. The Morgan fingerprint density at radius 3 is 2.48 bits per heavy atom. The van der Waals surface area contributed by atoms with Crippen LogP contribution < -0.4 is 0 Å². The Morgan fingerprint density at radius 1 is 1.07 bits per heavy atom. The fourth-order valence-electron chi connectivity index (χ4n) is 4.09. The molecule has 2 amide bonds. The van der Waals surface area contributed by atoms with Crippen LogP contribution in [0.5, 0.6) is 0 Å². The van der Waals surface area contributed by atoms with E-state index in [1.54, 1.807) is 4.90 Å². The van der Waals surface area contributed by atoms with Gasteiger partial charge >= 0.3 is 0 Å². The summed E-state index contributed by atoms with van der Waals surface area (Å²) in [6, 6.07) is 13.2. The zero-order chi connectivity index (χ0) is 20.2. The Balaban J connectivity index is 1.32. The number of likely N-dealkylation sites (tertiary alicyclic amines) is 1. The van der Waals surface area contributed by atoms with Gasteiger partial charge in [0.05, 0.1) is 16.5 Å². The van der Waals surface area contributed by atoms with Crippen LogP contribution in [0.1, 0.15) is 33.6 Å². The van der Waals surface area contributed by atoms with Gasteiger partial charge in [-0.2, -0.15) is 5.26 Å². The quantitative estimate of drug-likeness (QED) is 0.780. The van der Waals surface area contributed by atoms with Crippen molar-refractivity contribution in [1.82, 2.24) is 14.7 Å². The fourth-order valence-corrected chi connectivity index (χ4v) is 4.77. The third-order valence-electron chi connectivity index (χ3n) is 5.70. The molecule has 2 saturated heterocycles. The monoisotopic (exact) mass is 408 g/mol. The van der Waals surface area contributed by atoms with E-state index in [0.717, 1.165) is 32.5 Å². The van der Waals surface area contributed by atoms with E-state index in [4.69, 9.17) is 5.26 Å². The summed E-state index contributed by atoms with van der Waals surface area (Å²) in [5.41, 5.74) is 1.84. The van der Waals surface area contributed by atoms with Crippen LogP contribution in [0.2, 0.25) is 0 Å². The number of amides is 2. The number of rotatable bonds is 4. The molecule has 0 saturated carbocycles. The molecule has 1 aromatic carbocycles. The molecular formula is C22H24N4O2S. The minimum atomic E-state index is -0.324. The SMILES string of the molecule is N#Cc1ccc(CN2CCN(C(=O)[C@@H]3CCCN3C(=O)c3cccs3)CC2)cc1. The lowest BCUT2D eigenvalue weighted by molar-refractivity contribution is -0.137. The predicted molar refractivity (Wildman–Crippen MR) is 111 cm³/mol. The van der Waals surface area contributed by atoms with Crippen LogP contribution in [0.3, 0.4) is 0 Å².